The Kier molecular flexibility index (Phi) is 6.33. The number of ether oxygens (including phenoxy) is 1. The van der Waals surface area contributed by atoms with Crippen LogP contribution in [0.3, 0.4) is 0 Å². The van der Waals surface area contributed by atoms with Crippen LogP contribution in [-0.2, 0) is 16.1 Å². The standard InChI is InChI=1S/C29H27N3O3S/c1-5-31-19(4)25(21-14-10-11-15-22(21)31)26-27(33)32-23(17-16-20-12-8-7-9-13-20)24(28(34)35-6-2)18(3)30-29(32)36-26/h7-17,23H,4-6H2,1-3H3/b17-16+,26-25+. The van der Waals surface area contributed by atoms with Crippen molar-refractivity contribution < 1.29 is 9.53 Å². The van der Waals surface area contributed by atoms with E-state index in [4.69, 9.17) is 4.74 Å². The van der Waals surface area contributed by atoms with Crippen molar-refractivity contribution in [3.63, 3.8) is 0 Å². The van der Waals surface area contributed by atoms with Crippen LogP contribution >= 0.6 is 11.3 Å². The SMILES string of the molecule is C=c1/c(=c2\sc3n(c2=O)C(/C=C/c2ccccc2)C(C(=O)OCC)=C(C)N=3)c2ccccc2n1CC. The Bertz CT molecular complexity index is 1810. The lowest BCUT2D eigenvalue weighted by molar-refractivity contribution is -0.139. The molecule has 0 spiro atoms. The molecule has 0 amide bonds. The van der Waals surface area contributed by atoms with Crippen LogP contribution in [0.5, 0.6) is 0 Å². The minimum atomic E-state index is -0.637. The highest BCUT2D eigenvalue weighted by molar-refractivity contribution is 7.07. The highest BCUT2D eigenvalue weighted by atomic mass is 32.1. The minimum absolute atomic E-state index is 0.195. The van der Waals surface area contributed by atoms with Crippen LogP contribution < -0.4 is 15.7 Å². The van der Waals surface area contributed by atoms with Gasteiger partial charge in [0.15, 0.2) is 4.80 Å². The molecule has 182 valence electrons. The van der Waals surface area contributed by atoms with Gasteiger partial charge in [-0.05, 0) is 32.4 Å². The summed E-state index contributed by atoms with van der Waals surface area (Å²) in [5.74, 6) is -0.466. The predicted molar refractivity (Wildman–Crippen MR) is 144 cm³/mol. The molecule has 0 bridgehead atoms. The van der Waals surface area contributed by atoms with E-state index in [9.17, 15) is 9.59 Å². The minimum Gasteiger partial charge on any atom is -0.463 e. The maximum Gasteiger partial charge on any atom is 0.338 e. The van der Waals surface area contributed by atoms with E-state index in [0.29, 0.717) is 20.6 Å². The van der Waals surface area contributed by atoms with Crippen LogP contribution in [0.25, 0.3) is 23.6 Å². The smallest absolute Gasteiger partial charge is 0.338 e. The number of benzene rings is 2. The molecule has 4 aromatic rings. The Balaban J connectivity index is 1.84. The van der Waals surface area contributed by atoms with E-state index < -0.39 is 12.0 Å². The number of aryl methyl sites for hydroxylation is 1. The highest BCUT2D eigenvalue weighted by Gasteiger charge is 2.30. The van der Waals surface area contributed by atoms with Crippen molar-refractivity contribution in [2.45, 2.75) is 33.4 Å². The number of carbonyl (C=O) groups excluding carboxylic acids is 1. The molecule has 2 aromatic heterocycles. The van der Waals surface area contributed by atoms with Crippen molar-refractivity contribution >= 4 is 40.9 Å². The van der Waals surface area contributed by atoms with Crippen molar-refractivity contribution in [2.75, 3.05) is 6.61 Å². The van der Waals surface area contributed by atoms with E-state index in [0.717, 1.165) is 33.6 Å². The monoisotopic (exact) mass is 497 g/mol. The summed E-state index contributed by atoms with van der Waals surface area (Å²) >= 11 is 1.33. The van der Waals surface area contributed by atoms with Gasteiger partial charge in [-0.15, -0.1) is 0 Å². The number of rotatable bonds is 5. The van der Waals surface area contributed by atoms with Crippen LogP contribution in [0.15, 0.2) is 81.7 Å². The van der Waals surface area contributed by atoms with Crippen molar-refractivity contribution in [3.8, 4) is 0 Å². The quantitative estimate of drug-likeness (QED) is 0.386. The second-order valence-corrected chi connectivity index (χ2v) is 9.50. The summed E-state index contributed by atoms with van der Waals surface area (Å²) in [5, 5.41) is 2.59. The number of fused-ring (bicyclic) bond motifs is 2. The van der Waals surface area contributed by atoms with Crippen LogP contribution in [0.4, 0.5) is 0 Å². The first-order valence-electron chi connectivity index (χ1n) is 12.0. The van der Waals surface area contributed by atoms with E-state index in [-0.39, 0.29) is 12.2 Å². The lowest BCUT2D eigenvalue weighted by atomic mass is 10.0. The Morgan fingerprint density at radius 1 is 1.14 bits per heavy atom. The molecular weight excluding hydrogens is 470 g/mol. The molecule has 0 aliphatic carbocycles. The van der Waals surface area contributed by atoms with Crippen molar-refractivity contribution in [1.29, 1.82) is 0 Å². The zero-order chi connectivity index (χ0) is 25.4. The number of hydrogen-bond donors (Lipinski definition) is 0. The normalized spacial score (nSPS) is 16.4. The summed E-state index contributed by atoms with van der Waals surface area (Å²) in [6.07, 6.45) is 3.80. The highest BCUT2D eigenvalue weighted by Crippen LogP contribution is 2.27. The molecule has 0 saturated heterocycles. The first-order chi connectivity index (χ1) is 17.5. The topological polar surface area (TPSA) is 65.6 Å². The lowest BCUT2D eigenvalue weighted by Crippen LogP contribution is -2.36. The van der Waals surface area contributed by atoms with Gasteiger partial charge >= 0.3 is 5.97 Å². The third kappa shape index (κ3) is 3.85. The Morgan fingerprint density at radius 3 is 2.58 bits per heavy atom. The number of hydrogen-bond acceptors (Lipinski definition) is 5. The van der Waals surface area contributed by atoms with E-state index in [1.807, 2.05) is 66.7 Å². The third-order valence-corrected chi connectivity index (χ3v) is 7.48. The van der Waals surface area contributed by atoms with Gasteiger partial charge in [0.25, 0.3) is 5.56 Å². The van der Waals surface area contributed by atoms with Gasteiger partial charge in [-0.2, -0.15) is 0 Å². The molecular formula is C29H27N3O3S. The first kappa shape index (κ1) is 23.8. The van der Waals surface area contributed by atoms with Gasteiger partial charge in [-0.25, -0.2) is 9.79 Å². The summed E-state index contributed by atoms with van der Waals surface area (Å²) in [6.45, 7) is 10.9. The maximum atomic E-state index is 14.0. The molecule has 7 heteroatoms. The molecule has 6 nitrogen and oxygen atoms in total. The molecule has 0 fully saturated rings. The van der Waals surface area contributed by atoms with Crippen molar-refractivity contribution in [3.05, 3.63) is 108 Å². The van der Waals surface area contributed by atoms with E-state index >= 15 is 0 Å². The van der Waals surface area contributed by atoms with Gasteiger partial charge in [0.2, 0.25) is 0 Å². The first-order valence-corrected chi connectivity index (χ1v) is 12.8. The van der Waals surface area contributed by atoms with E-state index in [1.165, 1.54) is 11.3 Å². The second-order valence-electron chi connectivity index (χ2n) is 8.52. The largest absolute Gasteiger partial charge is 0.463 e. The zero-order valence-electron chi connectivity index (χ0n) is 20.5. The summed E-state index contributed by atoms with van der Waals surface area (Å²) in [4.78, 5) is 32.3. The molecule has 1 aliphatic rings. The zero-order valence-corrected chi connectivity index (χ0v) is 21.3. The van der Waals surface area contributed by atoms with E-state index in [1.54, 1.807) is 18.4 Å². The van der Waals surface area contributed by atoms with Crippen LogP contribution in [-0.4, -0.2) is 21.7 Å². The number of allylic oxidation sites excluding steroid dienone is 2. The van der Waals surface area contributed by atoms with Gasteiger partial charge in [0.05, 0.1) is 23.9 Å². The van der Waals surface area contributed by atoms with E-state index in [2.05, 4.69) is 23.1 Å². The van der Waals surface area contributed by atoms with Crippen LogP contribution in [0.2, 0.25) is 0 Å². The number of esters is 1. The average Bonchev–Trinajstić information content (AvgIpc) is 3.34. The summed E-state index contributed by atoms with van der Waals surface area (Å²) < 4.78 is 9.65. The fourth-order valence-corrected chi connectivity index (χ4v) is 5.98. The molecule has 1 aliphatic heterocycles. The molecule has 2 aromatic carbocycles. The molecule has 1 atom stereocenters. The van der Waals surface area contributed by atoms with Gasteiger partial charge in [-0.3, -0.25) is 9.36 Å². The van der Waals surface area contributed by atoms with Crippen molar-refractivity contribution in [2.24, 2.45) is 4.99 Å². The second kappa shape index (κ2) is 9.59. The predicted octanol–water partition coefficient (Wildman–Crippen LogP) is 4.31. The Labute approximate surface area is 212 Å². The molecule has 3 heterocycles. The Hall–Kier alpha value is -3.97. The molecule has 0 saturated carbocycles. The number of aromatic nitrogens is 2. The van der Waals surface area contributed by atoms with Gasteiger partial charge < -0.3 is 9.30 Å². The summed E-state index contributed by atoms with van der Waals surface area (Å²) in [6, 6.07) is 17.2. The van der Waals surface area contributed by atoms with Gasteiger partial charge in [0, 0.05) is 28.0 Å². The lowest BCUT2D eigenvalue weighted by Gasteiger charge is -2.21. The fourth-order valence-electron chi connectivity index (χ4n) is 4.80. The molecule has 0 radical (unpaired) electrons. The fraction of sp³-hybridized carbons (Fsp3) is 0.207. The number of para-hydroxylation sites is 1. The van der Waals surface area contributed by atoms with Gasteiger partial charge in [0.1, 0.15) is 4.53 Å². The molecule has 1 unspecified atom stereocenters. The van der Waals surface area contributed by atoms with Gasteiger partial charge in [-0.1, -0.05) is 78.6 Å². The average molecular weight is 498 g/mol. The third-order valence-electron chi connectivity index (χ3n) is 6.43. The van der Waals surface area contributed by atoms with Crippen molar-refractivity contribution in [1.82, 2.24) is 9.13 Å². The van der Waals surface area contributed by atoms with Crippen LogP contribution in [0, 0.1) is 9.75 Å². The maximum absolute atomic E-state index is 14.0. The Morgan fingerprint density at radius 2 is 1.86 bits per heavy atom. The number of thiazole rings is 1. The van der Waals surface area contributed by atoms with Crippen LogP contribution in [0.1, 0.15) is 32.4 Å². The molecule has 5 rings (SSSR count). The number of nitrogens with zero attached hydrogens (tertiary/aromatic N) is 3. The summed E-state index contributed by atoms with van der Waals surface area (Å²) in [5.41, 5.74) is 2.73. The molecule has 0 N–H and O–H groups in total. The number of carbonyl (C=O) groups is 1. The molecule has 36 heavy (non-hydrogen) atoms. The summed E-state index contributed by atoms with van der Waals surface area (Å²) in [7, 11) is 0.